The van der Waals surface area contributed by atoms with Gasteiger partial charge in [0, 0.05) is 6.20 Å². The summed E-state index contributed by atoms with van der Waals surface area (Å²) < 4.78 is 36.6. The van der Waals surface area contributed by atoms with E-state index in [0.29, 0.717) is 17.0 Å². The maximum Gasteiger partial charge on any atom is 0.445 e. The number of hydrogen-bond donors (Lipinski definition) is 1. The van der Waals surface area contributed by atoms with Crippen LogP contribution in [0.5, 0.6) is 0 Å². The summed E-state index contributed by atoms with van der Waals surface area (Å²) >= 11 is 0.449. The molecular weight excluding hydrogens is 241 g/mol. The number of anilines is 2. The molecule has 0 radical (unpaired) electrons. The van der Waals surface area contributed by atoms with Gasteiger partial charge in [0.2, 0.25) is 10.1 Å². The van der Waals surface area contributed by atoms with E-state index < -0.39 is 11.2 Å². The lowest BCUT2D eigenvalue weighted by atomic mass is 10.4. The minimum absolute atomic E-state index is 0.0836. The SMILES string of the molecule is FC(F)(F)c1nnc(Nc2cccnc2)s1. The van der Waals surface area contributed by atoms with Crippen LogP contribution in [0.15, 0.2) is 24.5 Å². The second-order valence-electron chi connectivity index (χ2n) is 2.78. The number of aromatic nitrogens is 3. The van der Waals surface area contributed by atoms with Crippen molar-refractivity contribution in [2.45, 2.75) is 6.18 Å². The van der Waals surface area contributed by atoms with Crippen LogP contribution in [0, 0.1) is 0 Å². The van der Waals surface area contributed by atoms with Crippen molar-refractivity contribution in [3.05, 3.63) is 29.5 Å². The molecule has 0 aromatic carbocycles. The first-order valence-corrected chi connectivity index (χ1v) is 4.95. The first-order valence-electron chi connectivity index (χ1n) is 4.13. The Morgan fingerprint density at radius 3 is 2.62 bits per heavy atom. The third-order valence-corrected chi connectivity index (χ3v) is 2.46. The Kier molecular flexibility index (Phi) is 2.73. The van der Waals surface area contributed by atoms with Crippen LogP contribution in [0.25, 0.3) is 0 Å². The maximum atomic E-state index is 12.2. The Labute approximate surface area is 92.2 Å². The second-order valence-corrected chi connectivity index (χ2v) is 3.75. The van der Waals surface area contributed by atoms with E-state index in [9.17, 15) is 13.2 Å². The molecule has 1 N–H and O–H groups in total. The third-order valence-electron chi connectivity index (χ3n) is 1.58. The topological polar surface area (TPSA) is 50.7 Å². The Hall–Kier alpha value is -1.70. The van der Waals surface area contributed by atoms with Crippen molar-refractivity contribution in [3.63, 3.8) is 0 Å². The van der Waals surface area contributed by atoms with Crippen molar-refractivity contribution < 1.29 is 13.2 Å². The minimum Gasteiger partial charge on any atom is -0.329 e. The van der Waals surface area contributed by atoms with Crippen LogP contribution in [0.1, 0.15) is 5.01 Å². The molecule has 16 heavy (non-hydrogen) atoms. The fraction of sp³-hybridized carbons (Fsp3) is 0.125. The van der Waals surface area contributed by atoms with E-state index in [-0.39, 0.29) is 5.13 Å². The summed E-state index contributed by atoms with van der Waals surface area (Å²) in [6.45, 7) is 0. The van der Waals surface area contributed by atoms with Gasteiger partial charge in [-0.2, -0.15) is 13.2 Å². The standard InChI is InChI=1S/C8H5F3N4S/c9-8(10,11)6-14-15-7(16-6)13-5-2-1-3-12-4-5/h1-4H,(H,13,15). The highest BCUT2D eigenvalue weighted by Crippen LogP contribution is 2.33. The molecule has 4 nitrogen and oxygen atoms in total. The summed E-state index contributed by atoms with van der Waals surface area (Å²) in [6, 6.07) is 3.33. The predicted molar refractivity (Wildman–Crippen MR) is 52.4 cm³/mol. The van der Waals surface area contributed by atoms with E-state index in [1.165, 1.54) is 6.20 Å². The fourth-order valence-electron chi connectivity index (χ4n) is 0.948. The van der Waals surface area contributed by atoms with Gasteiger partial charge in [-0.15, -0.1) is 10.2 Å². The lowest BCUT2D eigenvalue weighted by molar-refractivity contribution is -0.138. The lowest BCUT2D eigenvalue weighted by Crippen LogP contribution is -2.03. The van der Waals surface area contributed by atoms with Crippen LogP contribution in [-0.4, -0.2) is 15.2 Å². The molecule has 2 rings (SSSR count). The summed E-state index contributed by atoms with van der Waals surface area (Å²) in [5.74, 6) is 0. The van der Waals surface area contributed by atoms with Crippen LogP contribution in [0.3, 0.4) is 0 Å². The fourth-order valence-corrected chi connectivity index (χ4v) is 1.58. The smallest absolute Gasteiger partial charge is 0.329 e. The average Bonchev–Trinajstić information content (AvgIpc) is 2.67. The van der Waals surface area contributed by atoms with E-state index in [1.54, 1.807) is 18.3 Å². The first kappa shape index (κ1) is 10.8. The van der Waals surface area contributed by atoms with Crippen molar-refractivity contribution in [1.29, 1.82) is 0 Å². The molecule has 2 heterocycles. The molecule has 0 amide bonds. The largest absolute Gasteiger partial charge is 0.445 e. The van der Waals surface area contributed by atoms with Crippen molar-refractivity contribution in [1.82, 2.24) is 15.2 Å². The minimum atomic E-state index is -4.45. The van der Waals surface area contributed by atoms with Crippen LogP contribution >= 0.6 is 11.3 Å². The molecule has 0 atom stereocenters. The molecule has 0 aliphatic heterocycles. The Morgan fingerprint density at radius 1 is 1.25 bits per heavy atom. The Bertz CT molecular complexity index is 468. The molecule has 0 aliphatic carbocycles. The van der Waals surface area contributed by atoms with E-state index in [4.69, 9.17) is 0 Å². The van der Waals surface area contributed by atoms with Crippen molar-refractivity contribution in [2.75, 3.05) is 5.32 Å². The van der Waals surface area contributed by atoms with Gasteiger partial charge in [0.1, 0.15) is 0 Å². The summed E-state index contributed by atoms with van der Waals surface area (Å²) in [5, 5.41) is 8.22. The maximum absolute atomic E-state index is 12.2. The lowest BCUT2D eigenvalue weighted by Gasteiger charge is -1.99. The number of nitrogens with zero attached hydrogens (tertiary/aromatic N) is 3. The summed E-state index contributed by atoms with van der Waals surface area (Å²) in [7, 11) is 0. The number of halogens is 3. The molecule has 2 aromatic rings. The van der Waals surface area contributed by atoms with Gasteiger partial charge in [-0.1, -0.05) is 11.3 Å². The Balaban J connectivity index is 2.15. The zero-order chi connectivity index (χ0) is 11.6. The summed E-state index contributed by atoms with van der Waals surface area (Å²) in [4.78, 5) is 3.81. The predicted octanol–water partition coefficient (Wildman–Crippen LogP) is 2.70. The molecule has 0 saturated carbocycles. The molecule has 2 aromatic heterocycles. The zero-order valence-corrected chi connectivity index (χ0v) is 8.51. The highest BCUT2D eigenvalue weighted by Gasteiger charge is 2.35. The van der Waals surface area contributed by atoms with E-state index in [0.717, 1.165) is 0 Å². The van der Waals surface area contributed by atoms with Crippen molar-refractivity contribution in [2.24, 2.45) is 0 Å². The van der Waals surface area contributed by atoms with Gasteiger partial charge < -0.3 is 5.32 Å². The summed E-state index contributed by atoms with van der Waals surface area (Å²) in [6.07, 6.45) is -1.41. The van der Waals surface area contributed by atoms with E-state index in [2.05, 4.69) is 20.5 Å². The Morgan fingerprint density at radius 2 is 2.06 bits per heavy atom. The number of hydrogen-bond acceptors (Lipinski definition) is 5. The first-order chi connectivity index (χ1) is 7.55. The molecule has 84 valence electrons. The molecule has 0 unspecified atom stereocenters. The molecule has 0 bridgehead atoms. The normalized spacial score (nSPS) is 11.4. The van der Waals surface area contributed by atoms with Gasteiger partial charge in [-0.3, -0.25) is 4.98 Å². The number of pyridine rings is 1. The summed E-state index contributed by atoms with van der Waals surface area (Å²) in [5.41, 5.74) is 0.562. The second kappa shape index (κ2) is 4.05. The zero-order valence-electron chi connectivity index (χ0n) is 7.69. The van der Waals surface area contributed by atoms with Crippen LogP contribution in [-0.2, 0) is 6.18 Å². The van der Waals surface area contributed by atoms with Gasteiger partial charge in [-0.25, -0.2) is 0 Å². The van der Waals surface area contributed by atoms with E-state index in [1.807, 2.05) is 0 Å². The van der Waals surface area contributed by atoms with Crippen LogP contribution < -0.4 is 5.32 Å². The number of nitrogens with one attached hydrogen (secondary N) is 1. The molecule has 0 aliphatic rings. The van der Waals surface area contributed by atoms with Crippen LogP contribution in [0.4, 0.5) is 24.0 Å². The van der Waals surface area contributed by atoms with Gasteiger partial charge in [0.15, 0.2) is 0 Å². The molecular formula is C8H5F3N4S. The average molecular weight is 246 g/mol. The van der Waals surface area contributed by atoms with Gasteiger partial charge in [0.25, 0.3) is 0 Å². The quantitative estimate of drug-likeness (QED) is 0.885. The van der Waals surface area contributed by atoms with E-state index >= 15 is 0 Å². The monoisotopic (exact) mass is 246 g/mol. The molecule has 0 spiro atoms. The number of alkyl halides is 3. The highest BCUT2D eigenvalue weighted by atomic mass is 32.1. The van der Waals surface area contributed by atoms with Crippen molar-refractivity contribution in [3.8, 4) is 0 Å². The molecule has 0 saturated heterocycles. The highest BCUT2D eigenvalue weighted by molar-refractivity contribution is 7.15. The van der Waals surface area contributed by atoms with Gasteiger partial charge in [0.05, 0.1) is 11.9 Å². The van der Waals surface area contributed by atoms with Gasteiger partial charge >= 0.3 is 6.18 Å². The third kappa shape index (κ3) is 2.45. The van der Waals surface area contributed by atoms with Crippen molar-refractivity contribution >= 4 is 22.2 Å². The number of rotatable bonds is 2. The molecule has 8 heteroatoms. The van der Waals surface area contributed by atoms with Gasteiger partial charge in [-0.05, 0) is 12.1 Å². The van der Waals surface area contributed by atoms with Crippen LogP contribution in [0.2, 0.25) is 0 Å². The molecule has 0 fully saturated rings.